The van der Waals surface area contributed by atoms with E-state index in [1.807, 2.05) is 33.3 Å². The predicted molar refractivity (Wildman–Crippen MR) is 232 cm³/mol. The number of ether oxygens (including phenoxy) is 2. The molecule has 326 valence electrons. The molecule has 0 heterocycles. The first-order valence-corrected chi connectivity index (χ1v) is 22.9. The molecule has 0 saturated carbocycles. The number of hydrogen-bond donors (Lipinski definition) is 1. The number of rotatable bonds is 37. The fourth-order valence-corrected chi connectivity index (χ4v) is 5.85. The Bertz CT molecular complexity index is 1260. The van der Waals surface area contributed by atoms with Crippen LogP contribution in [0.25, 0.3) is 0 Å². The summed E-state index contributed by atoms with van der Waals surface area (Å²) < 4.78 is 33.7. The van der Waals surface area contributed by atoms with Crippen molar-refractivity contribution in [3.05, 3.63) is 85.1 Å². The molecule has 0 aromatic rings. The second kappa shape index (κ2) is 37.4. The van der Waals surface area contributed by atoms with Gasteiger partial charge in [-0.15, -0.1) is 0 Å². The van der Waals surface area contributed by atoms with Crippen LogP contribution in [0.3, 0.4) is 0 Å². The first-order chi connectivity index (χ1) is 27.4. The molecule has 57 heavy (non-hydrogen) atoms. The fraction of sp³-hybridized carbons (Fsp3) is 0.652. The third kappa shape index (κ3) is 41.1. The number of nitrogens with zero attached hydrogens (tertiary/aromatic N) is 1. The summed E-state index contributed by atoms with van der Waals surface area (Å²) in [6.45, 7) is 3.81. The molecular formula is C46H78NO9P. The van der Waals surface area contributed by atoms with E-state index in [1.54, 1.807) is 12.2 Å². The van der Waals surface area contributed by atoms with E-state index in [1.165, 1.54) is 19.3 Å². The standard InChI is InChI=1S/C46H78NO9P/c1-6-8-10-12-14-16-18-20-21-23-25-27-29-31-33-37-46(50)56-44(42-55-57(51,52)54-40-39-47(3,4)5)41-53-45(49)38-34-36-43(48)35-32-30-28-26-24-22-19-17-15-13-11-9-7-2/h9,11,14-17,20-22,24,28,30,32,35,43-44,48H,6-8,10,12-13,18-19,23,25-27,29,31,33-34,36-42H2,1-5H3/b11-9-,16-14-,17-15-,21-20-,24-22-,30-28-,35-32+/t43?,44-/m1/s1. The quantitative estimate of drug-likeness (QED) is 0.0162. The van der Waals surface area contributed by atoms with E-state index in [-0.39, 0.29) is 26.1 Å². The van der Waals surface area contributed by atoms with Crippen LogP contribution in [0.5, 0.6) is 0 Å². The maximum absolute atomic E-state index is 12.7. The summed E-state index contributed by atoms with van der Waals surface area (Å²) in [4.78, 5) is 37.5. The van der Waals surface area contributed by atoms with Crippen molar-refractivity contribution in [2.75, 3.05) is 47.5 Å². The van der Waals surface area contributed by atoms with Crippen molar-refractivity contribution in [3.8, 4) is 0 Å². The topological polar surface area (TPSA) is 131 Å². The first kappa shape index (κ1) is 54.2. The first-order valence-electron chi connectivity index (χ1n) is 21.4. The highest BCUT2D eigenvalue weighted by atomic mass is 31.2. The van der Waals surface area contributed by atoms with Crippen LogP contribution < -0.4 is 4.89 Å². The Morgan fingerprint density at radius 1 is 0.667 bits per heavy atom. The highest BCUT2D eigenvalue weighted by molar-refractivity contribution is 7.45. The number of carbonyl (C=O) groups is 2. The van der Waals surface area contributed by atoms with Crippen molar-refractivity contribution >= 4 is 19.8 Å². The SMILES string of the molecule is CC/C=C\C/C=C\C/C=C\C/C=C\C=C\C(O)CCCC(=O)OC[C@H](COP(=O)([O-])OCC[N+](C)(C)C)OC(=O)CCCCCCC/C=C\C/C=C\CCCCC. The largest absolute Gasteiger partial charge is 0.756 e. The minimum absolute atomic E-state index is 0.0383. The molecule has 3 atom stereocenters. The van der Waals surface area contributed by atoms with E-state index in [2.05, 4.69) is 74.6 Å². The Labute approximate surface area is 346 Å². The van der Waals surface area contributed by atoms with Crippen molar-refractivity contribution in [1.82, 2.24) is 0 Å². The van der Waals surface area contributed by atoms with E-state index in [9.17, 15) is 24.2 Å². The third-order valence-electron chi connectivity index (χ3n) is 8.50. The summed E-state index contributed by atoms with van der Waals surface area (Å²) in [5, 5.41) is 10.3. The molecule has 0 aromatic carbocycles. The molecule has 0 bridgehead atoms. The highest BCUT2D eigenvalue weighted by Gasteiger charge is 2.21. The molecule has 0 radical (unpaired) electrons. The van der Waals surface area contributed by atoms with E-state index in [4.69, 9.17) is 18.5 Å². The molecule has 10 nitrogen and oxygen atoms in total. The van der Waals surface area contributed by atoms with E-state index >= 15 is 0 Å². The molecule has 1 N–H and O–H groups in total. The summed E-state index contributed by atoms with van der Waals surface area (Å²) in [5.41, 5.74) is 0. The number of unbranched alkanes of at least 4 members (excludes halogenated alkanes) is 8. The van der Waals surface area contributed by atoms with Crippen molar-refractivity contribution in [1.29, 1.82) is 0 Å². The normalized spacial score (nSPS) is 15.0. The lowest BCUT2D eigenvalue weighted by molar-refractivity contribution is -0.870. The van der Waals surface area contributed by atoms with Crippen LogP contribution in [0.15, 0.2) is 85.1 Å². The lowest BCUT2D eigenvalue weighted by Gasteiger charge is -2.28. The maximum Gasteiger partial charge on any atom is 0.306 e. The number of likely N-dealkylation sites (N-methyl/N-ethyl adjacent to an activating group) is 1. The van der Waals surface area contributed by atoms with Crippen molar-refractivity contribution in [3.63, 3.8) is 0 Å². The second-order valence-electron chi connectivity index (χ2n) is 15.2. The Morgan fingerprint density at radius 3 is 1.86 bits per heavy atom. The predicted octanol–water partition coefficient (Wildman–Crippen LogP) is 10.4. The van der Waals surface area contributed by atoms with Gasteiger partial charge >= 0.3 is 11.9 Å². The molecule has 11 heteroatoms. The number of carbonyl (C=O) groups excluding carboxylic acids is 2. The zero-order valence-electron chi connectivity index (χ0n) is 36.1. The van der Waals surface area contributed by atoms with Crippen LogP contribution in [0, 0.1) is 0 Å². The Balaban J connectivity index is 4.62. The van der Waals surface area contributed by atoms with Crippen LogP contribution in [-0.2, 0) is 32.7 Å². The number of hydrogen-bond acceptors (Lipinski definition) is 9. The van der Waals surface area contributed by atoms with Gasteiger partial charge in [-0.3, -0.25) is 14.2 Å². The van der Waals surface area contributed by atoms with Gasteiger partial charge in [-0.25, -0.2) is 0 Å². The summed E-state index contributed by atoms with van der Waals surface area (Å²) in [7, 11) is 1.04. The van der Waals surface area contributed by atoms with Crippen LogP contribution in [0.2, 0.25) is 0 Å². The zero-order chi connectivity index (χ0) is 42.3. The molecule has 0 rings (SSSR count). The Morgan fingerprint density at radius 2 is 1.23 bits per heavy atom. The summed E-state index contributed by atoms with van der Waals surface area (Å²) in [6, 6.07) is 0. The molecule has 0 aliphatic rings. The van der Waals surface area contributed by atoms with Gasteiger partial charge in [0.05, 0.1) is 33.9 Å². The zero-order valence-corrected chi connectivity index (χ0v) is 37.0. The lowest BCUT2D eigenvalue weighted by Crippen LogP contribution is -2.37. The van der Waals surface area contributed by atoms with Gasteiger partial charge in [0, 0.05) is 12.8 Å². The Kier molecular flexibility index (Phi) is 35.6. The molecule has 0 aliphatic heterocycles. The van der Waals surface area contributed by atoms with Crippen LogP contribution >= 0.6 is 7.82 Å². The number of esters is 2. The lowest BCUT2D eigenvalue weighted by atomic mass is 10.1. The van der Waals surface area contributed by atoms with Crippen LogP contribution in [0.1, 0.15) is 136 Å². The number of allylic oxidation sites excluding steroid dienone is 13. The summed E-state index contributed by atoms with van der Waals surface area (Å²) in [6.07, 6.45) is 43.6. The summed E-state index contributed by atoms with van der Waals surface area (Å²) >= 11 is 0. The third-order valence-corrected chi connectivity index (χ3v) is 9.47. The average Bonchev–Trinajstić information content (AvgIpc) is 3.15. The molecule has 0 aliphatic carbocycles. The average molecular weight is 820 g/mol. The molecule has 0 aromatic heterocycles. The molecule has 0 amide bonds. The van der Waals surface area contributed by atoms with Crippen LogP contribution in [-0.4, -0.2) is 81.2 Å². The Hall–Kier alpha value is -2.85. The van der Waals surface area contributed by atoms with Gasteiger partial charge in [0.1, 0.15) is 19.8 Å². The van der Waals surface area contributed by atoms with E-state index < -0.39 is 38.6 Å². The van der Waals surface area contributed by atoms with Gasteiger partial charge in [-0.05, 0) is 77.0 Å². The number of phosphoric acid groups is 1. The molecule has 0 fully saturated rings. The van der Waals surface area contributed by atoms with Gasteiger partial charge in [-0.1, -0.05) is 131 Å². The van der Waals surface area contributed by atoms with Gasteiger partial charge in [0.15, 0.2) is 6.10 Å². The molecule has 2 unspecified atom stereocenters. The minimum atomic E-state index is -4.68. The van der Waals surface area contributed by atoms with Crippen molar-refractivity contribution in [2.24, 2.45) is 0 Å². The number of aliphatic hydroxyl groups excluding tert-OH is 1. The number of quaternary nitrogens is 1. The van der Waals surface area contributed by atoms with Crippen LogP contribution in [0.4, 0.5) is 0 Å². The van der Waals surface area contributed by atoms with Gasteiger partial charge in [-0.2, -0.15) is 0 Å². The van der Waals surface area contributed by atoms with Gasteiger partial charge < -0.3 is 33.0 Å². The second-order valence-corrected chi connectivity index (χ2v) is 16.6. The maximum atomic E-state index is 12.7. The monoisotopic (exact) mass is 820 g/mol. The van der Waals surface area contributed by atoms with E-state index in [0.29, 0.717) is 30.3 Å². The highest BCUT2D eigenvalue weighted by Crippen LogP contribution is 2.38. The smallest absolute Gasteiger partial charge is 0.306 e. The van der Waals surface area contributed by atoms with Gasteiger partial charge in [0.2, 0.25) is 0 Å². The minimum Gasteiger partial charge on any atom is -0.756 e. The number of aliphatic hydroxyl groups is 1. The van der Waals surface area contributed by atoms with Gasteiger partial charge in [0.25, 0.3) is 7.82 Å². The van der Waals surface area contributed by atoms with Crippen molar-refractivity contribution < 1.29 is 47.2 Å². The van der Waals surface area contributed by atoms with Crippen molar-refractivity contribution in [2.45, 2.75) is 148 Å². The molecule has 0 saturated heterocycles. The number of phosphoric ester groups is 1. The molecule has 0 spiro atoms. The van der Waals surface area contributed by atoms with E-state index in [0.717, 1.165) is 70.6 Å². The fourth-order valence-electron chi connectivity index (χ4n) is 5.12. The summed E-state index contributed by atoms with van der Waals surface area (Å²) in [5.74, 6) is -1.07. The molecular weight excluding hydrogens is 741 g/mol.